The monoisotopic (exact) mass is 231 g/mol. The van der Waals surface area contributed by atoms with E-state index in [9.17, 15) is 22.0 Å². The van der Waals surface area contributed by atoms with Gasteiger partial charge in [0.25, 0.3) is 0 Å². The van der Waals surface area contributed by atoms with Crippen LogP contribution in [0.5, 0.6) is 0 Å². The predicted octanol–water partition coefficient (Wildman–Crippen LogP) is 0.961. The van der Waals surface area contributed by atoms with Gasteiger partial charge in [-0.25, -0.2) is 0 Å². The van der Waals surface area contributed by atoms with Crippen molar-refractivity contribution in [1.29, 1.82) is 0 Å². The maximum atomic E-state index is 12.7. The Labute approximate surface area is 80.3 Å². The minimum Gasteiger partial charge on any atom is -0.388 e. The molecule has 9 heteroatoms. The van der Waals surface area contributed by atoms with E-state index >= 15 is 0 Å². The lowest BCUT2D eigenvalue weighted by molar-refractivity contribution is -0.293. The van der Waals surface area contributed by atoms with Crippen molar-refractivity contribution in [3.05, 3.63) is 11.6 Å². The zero-order valence-corrected chi connectivity index (χ0v) is 7.39. The summed E-state index contributed by atoms with van der Waals surface area (Å²) in [5, 5.41) is 14.3. The summed E-state index contributed by atoms with van der Waals surface area (Å²) >= 11 is 0. The predicted molar refractivity (Wildman–Crippen MR) is 36.9 cm³/mol. The fourth-order valence-corrected chi connectivity index (χ4v) is 0.899. The Morgan fingerprint density at radius 1 is 1.20 bits per heavy atom. The molecule has 0 aliphatic carbocycles. The number of hydrogen-bond donors (Lipinski definition) is 1. The van der Waals surface area contributed by atoms with Crippen LogP contribution in [0.2, 0.25) is 0 Å². The lowest BCUT2D eigenvalue weighted by Gasteiger charge is -2.18. The van der Waals surface area contributed by atoms with Gasteiger partial charge in [0.05, 0.1) is 0 Å². The molecule has 4 nitrogen and oxygen atoms in total. The standard InChI is InChI=1S/C6H6F5N3O/c1-14-3(2-15)12-13-4(14)5(7,8)6(9,10)11/h15H,2H2,1H3. The molecule has 0 atom stereocenters. The van der Waals surface area contributed by atoms with Gasteiger partial charge in [0, 0.05) is 7.05 Å². The van der Waals surface area contributed by atoms with Gasteiger partial charge in [-0.05, 0) is 0 Å². The third-order valence-electron chi connectivity index (χ3n) is 1.74. The summed E-state index contributed by atoms with van der Waals surface area (Å²) in [6.07, 6.45) is -5.74. The highest BCUT2D eigenvalue weighted by molar-refractivity contribution is 5.04. The Morgan fingerprint density at radius 3 is 2.07 bits per heavy atom. The molecule has 0 bridgehead atoms. The van der Waals surface area contributed by atoms with Gasteiger partial charge in [-0.15, -0.1) is 10.2 Å². The summed E-state index contributed by atoms with van der Waals surface area (Å²) in [6, 6.07) is 0. The minimum absolute atomic E-state index is 0.367. The van der Waals surface area contributed by atoms with Gasteiger partial charge >= 0.3 is 12.1 Å². The Hall–Kier alpha value is -1.25. The van der Waals surface area contributed by atoms with Gasteiger partial charge < -0.3 is 9.67 Å². The van der Waals surface area contributed by atoms with Crippen LogP contribution in [-0.4, -0.2) is 26.0 Å². The second-order valence-corrected chi connectivity index (χ2v) is 2.73. The Balaban J connectivity index is 3.22. The number of rotatable bonds is 2. The fraction of sp³-hybridized carbons (Fsp3) is 0.667. The highest BCUT2D eigenvalue weighted by Gasteiger charge is 2.62. The molecule has 0 aliphatic heterocycles. The molecule has 0 aromatic carbocycles. The lowest BCUT2D eigenvalue weighted by atomic mass is 10.3. The van der Waals surface area contributed by atoms with E-state index in [1.54, 1.807) is 0 Å². The first-order valence-electron chi connectivity index (χ1n) is 3.66. The molecule has 0 aliphatic rings. The van der Waals surface area contributed by atoms with Crippen LogP contribution in [0.4, 0.5) is 22.0 Å². The molecule has 1 N–H and O–H groups in total. The topological polar surface area (TPSA) is 50.9 Å². The maximum Gasteiger partial charge on any atom is 0.461 e. The van der Waals surface area contributed by atoms with Crippen LogP contribution >= 0.6 is 0 Å². The normalized spacial score (nSPS) is 13.3. The highest BCUT2D eigenvalue weighted by Crippen LogP contribution is 2.42. The SMILES string of the molecule is Cn1c(CO)nnc1C(F)(F)C(F)(F)F. The summed E-state index contributed by atoms with van der Waals surface area (Å²) in [5.74, 6) is -6.99. The molecular formula is C6H6F5N3O. The number of aliphatic hydroxyl groups is 1. The van der Waals surface area contributed by atoms with Crippen molar-refractivity contribution in [2.24, 2.45) is 7.05 Å². The quantitative estimate of drug-likeness (QED) is 0.771. The van der Waals surface area contributed by atoms with Crippen molar-refractivity contribution in [2.45, 2.75) is 18.7 Å². The maximum absolute atomic E-state index is 12.7. The van der Waals surface area contributed by atoms with Gasteiger partial charge in [0.2, 0.25) is 5.82 Å². The summed E-state index contributed by atoms with van der Waals surface area (Å²) in [5.41, 5.74) is 0. The Bertz CT molecular complexity index is 358. The molecule has 0 spiro atoms. The van der Waals surface area contributed by atoms with Crippen molar-refractivity contribution in [3.8, 4) is 0 Å². The Kier molecular flexibility index (Phi) is 2.68. The van der Waals surface area contributed by atoms with E-state index in [4.69, 9.17) is 5.11 Å². The number of alkyl halides is 5. The van der Waals surface area contributed by atoms with Crippen LogP contribution in [0.1, 0.15) is 11.6 Å². The number of halogens is 5. The molecule has 1 aromatic heterocycles. The fourth-order valence-electron chi connectivity index (χ4n) is 0.899. The third-order valence-corrected chi connectivity index (χ3v) is 1.74. The number of hydrogen-bond acceptors (Lipinski definition) is 3. The molecule has 0 amide bonds. The molecule has 0 unspecified atom stereocenters. The van der Waals surface area contributed by atoms with Crippen LogP contribution in [0.3, 0.4) is 0 Å². The first-order valence-corrected chi connectivity index (χ1v) is 3.66. The second kappa shape index (κ2) is 3.40. The van der Waals surface area contributed by atoms with Gasteiger partial charge in [-0.1, -0.05) is 0 Å². The second-order valence-electron chi connectivity index (χ2n) is 2.73. The van der Waals surface area contributed by atoms with Crippen LogP contribution in [0.15, 0.2) is 0 Å². The molecule has 0 saturated heterocycles. The molecule has 0 fully saturated rings. The van der Waals surface area contributed by atoms with E-state index in [1.807, 2.05) is 0 Å². The van der Waals surface area contributed by atoms with Crippen molar-refractivity contribution in [3.63, 3.8) is 0 Å². The zero-order valence-electron chi connectivity index (χ0n) is 7.39. The van der Waals surface area contributed by atoms with Crippen LogP contribution in [-0.2, 0) is 19.6 Å². The van der Waals surface area contributed by atoms with Crippen molar-refractivity contribution >= 4 is 0 Å². The average Bonchev–Trinajstić information content (AvgIpc) is 2.44. The molecule has 0 saturated carbocycles. The lowest BCUT2D eigenvalue weighted by Crippen LogP contribution is -2.36. The highest BCUT2D eigenvalue weighted by atomic mass is 19.4. The molecule has 15 heavy (non-hydrogen) atoms. The number of aliphatic hydroxyl groups excluding tert-OH is 1. The van der Waals surface area contributed by atoms with E-state index in [0.29, 0.717) is 4.57 Å². The van der Waals surface area contributed by atoms with E-state index in [-0.39, 0.29) is 5.82 Å². The summed E-state index contributed by atoms with van der Waals surface area (Å²) < 4.78 is 61.7. The van der Waals surface area contributed by atoms with Gasteiger partial charge in [0.1, 0.15) is 6.61 Å². The molecule has 1 heterocycles. The molecule has 0 radical (unpaired) electrons. The van der Waals surface area contributed by atoms with Crippen molar-refractivity contribution < 1.29 is 27.1 Å². The molecular weight excluding hydrogens is 225 g/mol. The van der Waals surface area contributed by atoms with Gasteiger partial charge in [-0.2, -0.15) is 22.0 Å². The smallest absolute Gasteiger partial charge is 0.388 e. The summed E-state index contributed by atoms with van der Waals surface area (Å²) in [7, 11) is 0.917. The third kappa shape index (κ3) is 1.78. The van der Waals surface area contributed by atoms with E-state index in [2.05, 4.69) is 10.2 Å². The van der Waals surface area contributed by atoms with Gasteiger partial charge in [-0.3, -0.25) is 0 Å². The van der Waals surface area contributed by atoms with E-state index < -0.39 is 24.5 Å². The number of aromatic nitrogens is 3. The molecule has 86 valence electrons. The van der Waals surface area contributed by atoms with E-state index in [1.165, 1.54) is 0 Å². The van der Waals surface area contributed by atoms with Crippen LogP contribution in [0.25, 0.3) is 0 Å². The first-order chi connectivity index (χ1) is 6.71. The largest absolute Gasteiger partial charge is 0.461 e. The first kappa shape index (κ1) is 11.8. The summed E-state index contributed by atoms with van der Waals surface area (Å²) in [6.45, 7) is -0.766. The molecule has 1 rings (SSSR count). The molecule has 1 aromatic rings. The number of nitrogens with zero attached hydrogens (tertiary/aromatic N) is 3. The zero-order chi connectivity index (χ0) is 11.9. The summed E-state index contributed by atoms with van der Waals surface area (Å²) in [4.78, 5) is 0. The van der Waals surface area contributed by atoms with Crippen molar-refractivity contribution in [2.75, 3.05) is 0 Å². The van der Waals surface area contributed by atoms with E-state index in [0.717, 1.165) is 7.05 Å². The average molecular weight is 231 g/mol. The van der Waals surface area contributed by atoms with Gasteiger partial charge in [0.15, 0.2) is 5.82 Å². The van der Waals surface area contributed by atoms with Crippen LogP contribution < -0.4 is 0 Å². The Morgan fingerprint density at radius 2 is 1.73 bits per heavy atom. The van der Waals surface area contributed by atoms with Crippen LogP contribution in [0, 0.1) is 0 Å². The van der Waals surface area contributed by atoms with Crippen molar-refractivity contribution in [1.82, 2.24) is 14.8 Å². The minimum atomic E-state index is -5.74.